The molecule has 2 unspecified atom stereocenters. The van der Waals surface area contributed by atoms with Crippen molar-refractivity contribution in [2.45, 2.75) is 6.10 Å². The van der Waals surface area contributed by atoms with Gasteiger partial charge in [-0.3, -0.25) is 9.59 Å². The number of carbonyl (C=O) groups is 2. The van der Waals surface area contributed by atoms with Gasteiger partial charge in [0.1, 0.15) is 5.76 Å². The highest BCUT2D eigenvalue weighted by Crippen LogP contribution is 2.29. The van der Waals surface area contributed by atoms with Crippen LogP contribution in [0.25, 0.3) is 0 Å². The van der Waals surface area contributed by atoms with E-state index in [2.05, 4.69) is 5.32 Å². The molecule has 5 heteroatoms. The number of methoxy groups -OCH3 is 2. The molecule has 2 rings (SSSR count). The van der Waals surface area contributed by atoms with E-state index in [1.165, 1.54) is 14.2 Å². The molecule has 2 atom stereocenters. The summed E-state index contributed by atoms with van der Waals surface area (Å²) in [7, 11) is 3.02. The number of rotatable bonds is 2. The van der Waals surface area contributed by atoms with Crippen LogP contribution in [-0.4, -0.2) is 32.0 Å². The Morgan fingerprint density at radius 2 is 2.07 bits per heavy atom. The molecule has 1 fully saturated rings. The van der Waals surface area contributed by atoms with Gasteiger partial charge in [-0.25, -0.2) is 0 Å². The molecule has 5 nitrogen and oxygen atoms in total. The van der Waals surface area contributed by atoms with Gasteiger partial charge in [0, 0.05) is 18.9 Å². The molecule has 0 aromatic rings. The van der Waals surface area contributed by atoms with E-state index >= 15 is 0 Å². The largest absolute Gasteiger partial charge is 0.497 e. The number of Topliss-reactive ketones (excluding diaryl/α,β-unsaturated/α-hetero) is 1. The Hall–Kier alpha value is -1.62. The fourth-order valence-electron chi connectivity index (χ4n) is 1.80. The van der Waals surface area contributed by atoms with Crippen LogP contribution in [0.3, 0.4) is 0 Å². The van der Waals surface area contributed by atoms with Crippen molar-refractivity contribution in [3.05, 3.63) is 23.6 Å². The lowest BCUT2D eigenvalue weighted by Crippen LogP contribution is -2.29. The molecule has 1 amide bonds. The molecule has 0 spiro atoms. The minimum atomic E-state index is -0.584. The monoisotopic (exact) mass is 209 g/mol. The summed E-state index contributed by atoms with van der Waals surface area (Å²) >= 11 is 0. The van der Waals surface area contributed by atoms with Gasteiger partial charge in [-0.05, 0) is 6.08 Å². The van der Waals surface area contributed by atoms with Crippen LogP contribution < -0.4 is 5.32 Å². The van der Waals surface area contributed by atoms with Crippen molar-refractivity contribution in [2.24, 2.45) is 5.92 Å². The van der Waals surface area contributed by atoms with E-state index in [0.717, 1.165) is 0 Å². The number of nitrogens with one attached hydrogen (secondary N) is 1. The van der Waals surface area contributed by atoms with Gasteiger partial charge < -0.3 is 14.8 Å². The standard InChI is InChI=1S/C10H11NO4/c1-14-5-3-6-8(7(4-5)15-2)9(12)10(13)11-6/h3-4,7-8H,1-2H3,(H,11,13). The molecule has 0 radical (unpaired) electrons. The number of carbonyl (C=O) groups excluding carboxylic acids is 2. The molecule has 2 aliphatic rings. The molecular formula is C10H11NO4. The lowest BCUT2D eigenvalue weighted by Gasteiger charge is -2.22. The van der Waals surface area contributed by atoms with Crippen molar-refractivity contribution in [1.82, 2.24) is 5.32 Å². The topological polar surface area (TPSA) is 64.6 Å². The maximum Gasteiger partial charge on any atom is 0.292 e. The highest BCUT2D eigenvalue weighted by molar-refractivity contribution is 6.40. The lowest BCUT2D eigenvalue weighted by atomic mass is 9.92. The van der Waals surface area contributed by atoms with E-state index in [1.54, 1.807) is 12.2 Å². The Morgan fingerprint density at radius 1 is 1.33 bits per heavy atom. The van der Waals surface area contributed by atoms with Gasteiger partial charge in [0.2, 0.25) is 5.78 Å². The third-order valence-electron chi connectivity index (χ3n) is 2.56. The molecule has 0 aromatic carbocycles. The summed E-state index contributed by atoms with van der Waals surface area (Å²) in [5.41, 5.74) is 0.552. The number of ether oxygens (including phenoxy) is 2. The molecule has 15 heavy (non-hydrogen) atoms. The van der Waals surface area contributed by atoms with Crippen molar-refractivity contribution in [1.29, 1.82) is 0 Å². The minimum Gasteiger partial charge on any atom is -0.497 e. The zero-order valence-electron chi connectivity index (χ0n) is 8.44. The molecule has 0 saturated carbocycles. The molecule has 1 N–H and O–H groups in total. The fraction of sp³-hybridized carbons (Fsp3) is 0.400. The number of allylic oxidation sites excluding steroid dienone is 1. The molecule has 1 aliphatic heterocycles. The number of fused-ring (bicyclic) bond motifs is 1. The summed E-state index contributed by atoms with van der Waals surface area (Å²) in [4.78, 5) is 22.7. The van der Waals surface area contributed by atoms with E-state index in [-0.39, 0.29) is 0 Å². The van der Waals surface area contributed by atoms with Gasteiger partial charge in [0.15, 0.2) is 0 Å². The van der Waals surface area contributed by atoms with Gasteiger partial charge in [-0.15, -0.1) is 0 Å². The van der Waals surface area contributed by atoms with Crippen molar-refractivity contribution in [3.63, 3.8) is 0 Å². The normalized spacial score (nSPS) is 29.2. The van der Waals surface area contributed by atoms with Gasteiger partial charge in [0.25, 0.3) is 5.91 Å². The first-order chi connectivity index (χ1) is 7.17. The first-order valence-electron chi connectivity index (χ1n) is 4.52. The predicted molar refractivity (Wildman–Crippen MR) is 50.6 cm³/mol. The highest BCUT2D eigenvalue weighted by atomic mass is 16.5. The molecule has 0 bridgehead atoms. The van der Waals surface area contributed by atoms with E-state index in [1.807, 2.05) is 0 Å². The first kappa shape index (κ1) is 9.92. The van der Waals surface area contributed by atoms with Crippen LogP contribution in [0.15, 0.2) is 23.6 Å². The first-order valence-corrected chi connectivity index (χ1v) is 4.52. The second-order valence-electron chi connectivity index (χ2n) is 3.37. The molecule has 1 saturated heterocycles. The van der Waals surface area contributed by atoms with Gasteiger partial charge >= 0.3 is 0 Å². The maximum absolute atomic E-state index is 11.5. The predicted octanol–water partition coefficient (Wildman–Crippen LogP) is -0.256. The summed E-state index contributed by atoms with van der Waals surface area (Å²) in [6, 6.07) is 0. The molecule has 0 aromatic heterocycles. The van der Waals surface area contributed by atoms with Crippen LogP contribution in [-0.2, 0) is 19.1 Å². The Labute approximate surface area is 86.7 Å². The number of hydrogen-bond donors (Lipinski definition) is 1. The molecule has 1 heterocycles. The van der Waals surface area contributed by atoms with E-state index in [9.17, 15) is 9.59 Å². The van der Waals surface area contributed by atoms with E-state index in [0.29, 0.717) is 11.5 Å². The Balaban J connectivity index is 2.37. The van der Waals surface area contributed by atoms with Gasteiger partial charge in [0.05, 0.1) is 19.1 Å². The SMILES string of the molecule is COC1=CC(OC)C2C(=O)C(=O)NC2=C1. The van der Waals surface area contributed by atoms with Crippen molar-refractivity contribution < 1.29 is 19.1 Å². The van der Waals surface area contributed by atoms with Crippen molar-refractivity contribution >= 4 is 11.7 Å². The fourth-order valence-corrected chi connectivity index (χ4v) is 1.80. The second-order valence-corrected chi connectivity index (χ2v) is 3.37. The number of ketones is 1. The lowest BCUT2D eigenvalue weighted by molar-refractivity contribution is -0.137. The van der Waals surface area contributed by atoms with Crippen molar-refractivity contribution in [2.75, 3.05) is 14.2 Å². The quantitative estimate of drug-likeness (QED) is 0.636. The minimum absolute atomic E-state index is 0.439. The number of amides is 1. The summed E-state index contributed by atoms with van der Waals surface area (Å²) in [6.07, 6.45) is 2.89. The Bertz CT molecular complexity index is 383. The zero-order valence-corrected chi connectivity index (χ0v) is 8.44. The summed E-state index contributed by atoms with van der Waals surface area (Å²) in [5, 5.41) is 2.51. The van der Waals surface area contributed by atoms with Crippen LogP contribution in [0.1, 0.15) is 0 Å². The Morgan fingerprint density at radius 3 is 2.67 bits per heavy atom. The van der Waals surface area contributed by atoms with Crippen LogP contribution >= 0.6 is 0 Å². The average Bonchev–Trinajstić information content (AvgIpc) is 2.53. The average molecular weight is 209 g/mol. The van der Waals surface area contributed by atoms with Gasteiger partial charge in [-0.1, -0.05) is 0 Å². The molecular weight excluding hydrogens is 198 g/mol. The van der Waals surface area contributed by atoms with Crippen LogP contribution in [0.4, 0.5) is 0 Å². The summed E-state index contributed by atoms with van der Waals surface area (Å²) in [5.74, 6) is -0.997. The van der Waals surface area contributed by atoms with E-state index in [4.69, 9.17) is 9.47 Å². The maximum atomic E-state index is 11.5. The number of hydrogen-bond acceptors (Lipinski definition) is 4. The zero-order chi connectivity index (χ0) is 11.0. The van der Waals surface area contributed by atoms with Crippen LogP contribution in [0.2, 0.25) is 0 Å². The van der Waals surface area contributed by atoms with Crippen LogP contribution in [0, 0.1) is 5.92 Å². The van der Waals surface area contributed by atoms with Crippen molar-refractivity contribution in [3.8, 4) is 0 Å². The second kappa shape index (κ2) is 3.51. The summed E-state index contributed by atoms with van der Waals surface area (Å²) < 4.78 is 10.2. The molecule has 80 valence electrons. The summed E-state index contributed by atoms with van der Waals surface area (Å²) in [6.45, 7) is 0. The molecule has 1 aliphatic carbocycles. The third-order valence-corrected chi connectivity index (χ3v) is 2.56. The smallest absolute Gasteiger partial charge is 0.292 e. The highest BCUT2D eigenvalue weighted by Gasteiger charge is 2.43. The Kier molecular flexibility index (Phi) is 2.32. The third kappa shape index (κ3) is 1.45. The van der Waals surface area contributed by atoms with E-state index < -0.39 is 23.7 Å². The van der Waals surface area contributed by atoms with Gasteiger partial charge in [-0.2, -0.15) is 0 Å². The van der Waals surface area contributed by atoms with Crippen LogP contribution in [0.5, 0.6) is 0 Å².